The zero-order valence-electron chi connectivity index (χ0n) is 20.7. The minimum Gasteiger partial charge on any atom is -0.241 e. The Morgan fingerprint density at radius 3 is 2.27 bits per heavy atom. The average molecular weight is 460 g/mol. The molecule has 2 aromatic rings. The number of benzene rings is 2. The van der Waals surface area contributed by atoms with Gasteiger partial charge in [0, 0.05) is 11.3 Å². The molecular weight excluding hydrogens is 422 g/mol. The molecule has 1 aliphatic rings. The van der Waals surface area contributed by atoms with Gasteiger partial charge in [0.1, 0.15) is 5.17 Å². The highest BCUT2D eigenvalue weighted by Gasteiger charge is 2.14. The van der Waals surface area contributed by atoms with Crippen LogP contribution in [-0.2, 0) is 6.42 Å². The third-order valence-electron chi connectivity index (χ3n) is 5.47. The molecular formula is C31H38ClN. The van der Waals surface area contributed by atoms with Crippen LogP contribution in [0.3, 0.4) is 0 Å². The fourth-order valence-electron chi connectivity index (χ4n) is 3.78. The maximum Gasteiger partial charge on any atom is 0.136 e. The van der Waals surface area contributed by atoms with Crippen molar-refractivity contribution in [3.8, 4) is 0 Å². The van der Waals surface area contributed by atoms with Crippen LogP contribution in [0.4, 0.5) is 0 Å². The van der Waals surface area contributed by atoms with E-state index in [9.17, 15) is 0 Å². The summed E-state index contributed by atoms with van der Waals surface area (Å²) in [5.41, 5.74) is 7.87. The highest BCUT2D eigenvalue weighted by Crippen LogP contribution is 2.30. The Morgan fingerprint density at radius 2 is 1.70 bits per heavy atom. The molecule has 0 spiro atoms. The third-order valence-corrected chi connectivity index (χ3v) is 5.78. The Labute approximate surface area is 206 Å². The lowest BCUT2D eigenvalue weighted by Gasteiger charge is -2.18. The zero-order valence-corrected chi connectivity index (χ0v) is 21.5. The minimum absolute atomic E-state index is 0.452. The Balaban J connectivity index is 0.00000122. The van der Waals surface area contributed by atoms with E-state index in [4.69, 9.17) is 16.6 Å². The Morgan fingerprint density at radius 1 is 1.03 bits per heavy atom. The molecule has 0 N–H and O–H groups in total. The number of halogens is 1. The molecule has 0 aromatic heterocycles. The van der Waals surface area contributed by atoms with Crippen molar-refractivity contribution in [2.45, 2.75) is 66.2 Å². The summed E-state index contributed by atoms with van der Waals surface area (Å²) in [4.78, 5) is 4.79. The van der Waals surface area contributed by atoms with Crippen molar-refractivity contribution in [2.24, 2.45) is 4.99 Å². The summed E-state index contributed by atoms with van der Waals surface area (Å²) in [7, 11) is 0. The second-order valence-corrected chi connectivity index (χ2v) is 8.77. The molecule has 1 nitrogen and oxygen atoms in total. The topological polar surface area (TPSA) is 12.4 Å². The van der Waals surface area contributed by atoms with Crippen LogP contribution < -0.4 is 0 Å². The molecule has 2 aromatic carbocycles. The first-order chi connectivity index (χ1) is 16.0. The van der Waals surface area contributed by atoms with Crippen LogP contribution in [-0.4, -0.2) is 5.17 Å². The van der Waals surface area contributed by atoms with E-state index in [0.29, 0.717) is 5.17 Å². The van der Waals surface area contributed by atoms with Gasteiger partial charge in [0.2, 0.25) is 0 Å². The molecule has 0 saturated carbocycles. The van der Waals surface area contributed by atoms with E-state index in [0.717, 1.165) is 41.7 Å². The summed E-state index contributed by atoms with van der Waals surface area (Å²) in [6.07, 6.45) is 13.4. The first-order valence-electron chi connectivity index (χ1n) is 12.1. The number of nitrogens with zero attached hydrogens (tertiary/aromatic N) is 1. The molecule has 174 valence electrons. The molecule has 0 heterocycles. The van der Waals surface area contributed by atoms with E-state index >= 15 is 0 Å². The van der Waals surface area contributed by atoms with Gasteiger partial charge < -0.3 is 0 Å². The summed E-state index contributed by atoms with van der Waals surface area (Å²) in [6, 6.07) is 18.8. The number of hydrogen-bond donors (Lipinski definition) is 0. The van der Waals surface area contributed by atoms with Gasteiger partial charge >= 0.3 is 0 Å². The van der Waals surface area contributed by atoms with Crippen molar-refractivity contribution in [3.63, 3.8) is 0 Å². The van der Waals surface area contributed by atoms with Gasteiger partial charge in [-0.1, -0.05) is 111 Å². The van der Waals surface area contributed by atoms with E-state index < -0.39 is 0 Å². The van der Waals surface area contributed by atoms with E-state index in [1.165, 1.54) is 36.0 Å². The van der Waals surface area contributed by atoms with Gasteiger partial charge in [0.15, 0.2) is 0 Å². The maximum absolute atomic E-state index is 6.63. The van der Waals surface area contributed by atoms with Crippen LogP contribution >= 0.6 is 11.6 Å². The SMILES string of the molecule is C=C(C(Cl)=N/C(C)=C(/Cc1ccccc1)C1=CCCCC1)c1ccc(/C=C\C)cc1.CCC. The molecule has 0 atom stereocenters. The van der Waals surface area contributed by atoms with Crippen LogP contribution in [0.1, 0.15) is 76.5 Å². The van der Waals surface area contributed by atoms with E-state index in [2.05, 4.69) is 82.0 Å². The molecule has 0 radical (unpaired) electrons. The zero-order chi connectivity index (χ0) is 24.1. The van der Waals surface area contributed by atoms with E-state index in [1.54, 1.807) is 0 Å². The van der Waals surface area contributed by atoms with Crippen LogP contribution in [0.25, 0.3) is 11.6 Å². The normalized spacial score (nSPS) is 14.8. The van der Waals surface area contributed by atoms with Crippen molar-refractivity contribution in [1.82, 2.24) is 0 Å². The van der Waals surface area contributed by atoms with Crippen LogP contribution in [0.5, 0.6) is 0 Å². The van der Waals surface area contributed by atoms with Crippen molar-refractivity contribution in [2.75, 3.05) is 0 Å². The Bertz CT molecular complexity index is 1000. The van der Waals surface area contributed by atoms with Gasteiger partial charge in [0.05, 0.1) is 0 Å². The van der Waals surface area contributed by atoms with E-state index in [1.807, 2.05) is 25.1 Å². The van der Waals surface area contributed by atoms with Crippen molar-refractivity contribution < 1.29 is 0 Å². The molecule has 0 bridgehead atoms. The number of allylic oxidation sites excluding steroid dienone is 6. The van der Waals surface area contributed by atoms with Gasteiger partial charge in [-0.2, -0.15) is 0 Å². The highest BCUT2D eigenvalue weighted by atomic mass is 35.5. The lowest BCUT2D eigenvalue weighted by atomic mass is 9.89. The molecule has 0 aliphatic heterocycles. The van der Waals surface area contributed by atoms with Crippen molar-refractivity contribution in [1.29, 1.82) is 0 Å². The van der Waals surface area contributed by atoms with Gasteiger partial charge in [-0.3, -0.25) is 0 Å². The molecule has 0 saturated heterocycles. The Hall–Kier alpha value is -2.64. The fraction of sp³-hybridized carbons (Fsp3) is 0.323. The first kappa shape index (κ1) is 26.6. The molecule has 1 aliphatic carbocycles. The Kier molecular flexibility index (Phi) is 11.7. The predicted molar refractivity (Wildman–Crippen MR) is 149 cm³/mol. The van der Waals surface area contributed by atoms with Gasteiger partial charge in [-0.15, -0.1) is 0 Å². The molecule has 0 amide bonds. The molecule has 0 unspecified atom stereocenters. The molecule has 0 fully saturated rings. The van der Waals surface area contributed by atoms with Gasteiger partial charge in [-0.05, 0) is 73.8 Å². The number of aliphatic imine (C=N–C) groups is 1. The molecule has 3 rings (SSSR count). The monoisotopic (exact) mass is 459 g/mol. The van der Waals surface area contributed by atoms with Crippen LogP contribution in [0.15, 0.2) is 95.2 Å². The van der Waals surface area contributed by atoms with Crippen LogP contribution in [0.2, 0.25) is 0 Å². The lowest BCUT2D eigenvalue weighted by molar-refractivity contribution is 0.701. The summed E-state index contributed by atoms with van der Waals surface area (Å²) < 4.78 is 0. The third kappa shape index (κ3) is 8.67. The quantitative estimate of drug-likeness (QED) is 0.365. The molecule has 33 heavy (non-hydrogen) atoms. The second kappa shape index (κ2) is 14.5. The van der Waals surface area contributed by atoms with Crippen molar-refractivity contribution >= 4 is 28.4 Å². The number of hydrogen-bond acceptors (Lipinski definition) is 1. The summed E-state index contributed by atoms with van der Waals surface area (Å²) >= 11 is 6.63. The predicted octanol–water partition coefficient (Wildman–Crippen LogP) is 9.80. The van der Waals surface area contributed by atoms with E-state index in [-0.39, 0.29) is 0 Å². The summed E-state index contributed by atoms with van der Waals surface area (Å²) in [5, 5.41) is 0.452. The maximum atomic E-state index is 6.63. The summed E-state index contributed by atoms with van der Waals surface area (Å²) in [6.45, 7) is 12.5. The summed E-state index contributed by atoms with van der Waals surface area (Å²) in [5.74, 6) is 0. The number of rotatable bonds is 7. The standard InChI is InChI=1S/C28H30ClN.C3H8/c1-4-11-23-16-18-25(19-17-23)21(2)28(29)30-22(3)27(26-14-9-6-10-15-26)20-24-12-7-5-8-13-24;1-3-2/h4-5,7-8,11-14,16-19H,2,6,9-10,15,20H2,1,3H3;3H2,1-2H3/b11-4-,27-22-,30-28?;. The lowest BCUT2D eigenvalue weighted by Crippen LogP contribution is -2.03. The second-order valence-electron chi connectivity index (χ2n) is 8.41. The largest absolute Gasteiger partial charge is 0.241 e. The van der Waals surface area contributed by atoms with Crippen LogP contribution in [0, 0.1) is 0 Å². The minimum atomic E-state index is 0.452. The molecule has 2 heteroatoms. The van der Waals surface area contributed by atoms with Gasteiger partial charge in [0.25, 0.3) is 0 Å². The van der Waals surface area contributed by atoms with Gasteiger partial charge in [-0.25, -0.2) is 4.99 Å². The fourth-order valence-corrected chi connectivity index (χ4v) is 4.01. The smallest absolute Gasteiger partial charge is 0.136 e. The van der Waals surface area contributed by atoms with Crippen molar-refractivity contribution in [3.05, 3.63) is 107 Å². The average Bonchev–Trinajstić information content (AvgIpc) is 2.84. The first-order valence-corrected chi connectivity index (χ1v) is 12.5. The highest BCUT2D eigenvalue weighted by molar-refractivity contribution is 6.76.